The van der Waals surface area contributed by atoms with Crippen LogP contribution in [0.4, 0.5) is 10.6 Å². The third kappa shape index (κ3) is 5.13. The SMILES string of the molecule is CC(CS)N(C(=O)OCCCCCc1nnn[nH]1)c1ccc2ncsc2n1. The van der Waals surface area contributed by atoms with Crippen molar-refractivity contribution in [2.45, 2.75) is 38.6 Å². The molecule has 3 heterocycles. The van der Waals surface area contributed by atoms with Gasteiger partial charge in [-0.25, -0.2) is 19.9 Å². The predicted molar refractivity (Wildman–Crippen MR) is 106 cm³/mol. The minimum Gasteiger partial charge on any atom is -0.449 e. The van der Waals surface area contributed by atoms with Gasteiger partial charge in [-0.05, 0) is 48.7 Å². The van der Waals surface area contributed by atoms with Crippen LogP contribution >= 0.6 is 24.0 Å². The van der Waals surface area contributed by atoms with Crippen LogP contribution in [0.15, 0.2) is 17.6 Å². The number of hydrogen-bond donors (Lipinski definition) is 2. The Morgan fingerprint density at radius 3 is 3.04 bits per heavy atom. The number of thiol groups is 1. The van der Waals surface area contributed by atoms with E-state index < -0.39 is 6.09 Å². The van der Waals surface area contributed by atoms with E-state index in [1.165, 1.54) is 11.3 Å². The molecule has 11 heteroatoms. The molecule has 0 aromatic carbocycles. The van der Waals surface area contributed by atoms with E-state index in [1.54, 1.807) is 16.5 Å². The summed E-state index contributed by atoms with van der Waals surface area (Å²) in [5, 5.41) is 13.6. The summed E-state index contributed by atoms with van der Waals surface area (Å²) in [7, 11) is 0. The molecule has 0 saturated carbocycles. The van der Waals surface area contributed by atoms with Crippen LogP contribution in [-0.2, 0) is 11.2 Å². The van der Waals surface area contributed by atoms with Gasteiger partial charge in [-0.2, -0.15) is 12.6 Å². The number of H-pyrrole nitrogens is 1. The lowest BCUT2D eigenvalue weighted by Gasteiger charge is -2.26. The Bertz CT molecular complexity index is 855. The molecule has 1 amide bonds. The van der Waals surface area contributed by atoms with Crippen LogP contribution < -0.4 is 4.90 Å². The smallest absolute Gasteiger partial charge is 0.415 e. The molecule has 3 aromatic rings. The third-order valence-corrected chi connectivity index (χ3v) is 5.27. The van der Waals surface area contributed by atoms with Crippen molar-refractivity contribution in [3.05, 3.63) is 23.5 Å². The predicted octanol–water partition coefficient (Wildman–Crippen LogP) is 2.88. The van der Waals surface area contributed by atoms with E-state index in [2.05, 4.69) is 43.2 Å². The Kier molecular flexibility index (Phi) is 6.93. The summed E-state index contributed by atoms with van der Waals surface area (Å²) >= 11 is 5.76. The van der Waals surface area contributed by atoms with Gasteiger partial charge in [0.2, 0.25) is 0 Å². The van der Waals surface area contributed by atoms with Crippen LogP contribution in [0.25, 0.3) is 10.3 Å². The number of anilines is 1. The highest BCUT2D eigenvalue weighted by Gasteiger charge is 2.24. The fraction of sp³-hybridized carbons (Fsp3) is 0.500. The maximum absolute atomic E-state index is 12.6. The number of hydrogen-bond acceptors (Lipinski definition) is 9. The van der Waals surface area contributed by atoms with Crippen LogP contribution in [0.1, 0.15) is 32.0 Å². The highest BCUT2D eigenvalue weighted by Crippen LogP contribution is 2.23. The number of rotatable bonds is 9. The highest BCUT2D eigenvalue weighted by atomic mass is 32.1. The van der Waals surface area contributed by atoms with E-state index in [9.17, 15) is 4.79 Å². The minimum absolute atomic E-state index is 0.141. The summed E-state index contributed by atoms with van der Waals surface area (Å²) in [5.74, 6) is 1.82. The second kappa shape index (κ2) is 9.60. The van der Waals surface area contributed by atoms with E-state index >= 15 is 0 Å². The second-order valence-corrected chi connectivity index (χ2v) is 7.22. The molecular weight excluding hydrogens is 386 g/mol. The largest absolute Gasteiger partial charge is 0.449 e. The quantitative estimate of drug-likeness (QED) is 0.414. The first kappa shape index (κ1) is 19.5. The number of nitrogens with zero attached hydrogens (tertiary/aromatic N) is 6. The van der Waals surface area contributed by atoms with Gasteiger partial charge in [-0.15, -0.1) is 16.4 Å². The number of fused-ring (bicyclic) bond motifs is 1. The number of tetrazole rings is 1. The van der Waals surface area contributed by atoms with Crippen LogP contribution in [0.2, 0.25) is 0 Å². The molecule has 3 rings (SSSR count). The number of unbranched alkanes of at least 4 members (excludes halogenated alkanes) is 2. The van der Waals surface area contributed by atoms with E-state index in [0.29, 0.717) is 18.2 Å². The molecular formula is C16H21N7O2S2. The lowest BCUT2D eigenvalue weighted by atomic mass is 10.2. The first-order chi connectivity index (χ1) is 13.2. The number of carbonyl (C=O) groups excluding carboxylic acids is 1. The number of nitrogens with one attached hydrogen (secondary N) is 1. The number of aromatic nitrogens is 6. The fourth-order valence-electron chi connectivity index (χ4n) is 2.54. The first-order valence-corrected chi connectivity index (χ1v) is 10.2. The van der Waals surface area contributed by atoms with Gasteiger partial charge in [0.1, 0.15) is 22.0 Å². The highest BCUT2D eigenvalue weighted by molar-refractivity contribution is 7.80. The van der Waals surface area contributed by atoms with Crippen molar-refractivity contribution in [3.8, 4) is 0 Å². The molecule has 27 heavy (non-hydrogen) atoms. The Morgan fingerprint density at radius 1 is 1.37 bits per heavy atom. The second-order valence-electron chi connectivity index (χ2n) is 6.02. The van der Waals surface area contributed by atoms with Crippen LogP contribution in [-0.4, -0.2) is 55.1 Å². The van der Waals surface area contributed by atoms with Gasteiger partial charge >= 0.3 is 6.09 Å². The van der Waals surface area contributed by atoms with Crippen molar-refractivity contribution >= 4 is 46.2 Å². The van der Waals surface area contributed by atoms with Crippen LogP contribution in [0, 0.1) is 0 Å². The standard InChI is InChI=1S/C16H21N7O2S2/c1-11(9-26)23(14-7-6-12-15(18-14)27-10-17-12)16(24)25-8-4-2-3-5-13-19-21-22-20-13/h6-7,10-11,26H,2-5,8-9H2,1H3,(H,19,20,21,22). The summed E-state index contributed by atoms with van der Waals surface area (Å²) < 4.78 is 5.47. The molecule has 0 spiro atoms. The topological polar surface area (TPSA) is 110 Å². The average molecular weight is 408 g/mol. The number of thiazole rings is 1. The van der Waals surface area contributed by atoms with Gasteiger partial charge in [-0.3, -0.25) is 4.90 Å². The Hall–Kier alpha value is -2.27. The zero-order valence-corrected chi connectivity index (χ0v) is 16.6. The van der Waals surface area contributed by atoms with Crippen molar-refractivity contribution in [2.75, 3.05) is 17.3 Å². The van der Waals surface area contributed by atoms with Crippen molar-refractivity contribution in [2.24, 2.45) is 0 Å². The lowest BCUT2D eigenvalue weighted by molar-refractivity contribution is 0.149. The Labute approximate surface area is 165 Å². The monoisotopic (exact) mass is 407 g/mol. The molecule has 1 N–H and O–H groups in total. The summed E-state index contributed by atoms with van der Waals surface area (Å²) in [5.41, 5.74) is 2.55. The number of ether oxygens (including phenoxy) is 1. The number of carbonyl (C=O) groups is 1. The zero-order chi connectivity index (χ0) is 19.1. The maximum Gasteiger partial charge on any atom is 0.415 e. The number of aryl methyl sites for hydroxylation is 1. The van der Waals surface area contributed by atoms with Gasteiger partial charge < -0.3 is 4.74 Å². The summed E-state index contributed by atoms with van der Waals surface area (Å²) in [6.07, 6.45) is 2.99. The molecule has 1 unspecified atom stereocenters. The normalized spacial score (nSPS) is 12.2. The number of aromatic amines is 1. The fourth-order valence-corrected chi connectivity index (χ4v) is 3.36. The molecule has 0 aliphatic heterocycles. The molecule has 3 aromatic heterocycles. The molecule has 144 valence electrons. The van der Waals surface area contributed by atoms with Crippen molar-refractivity contribution in [3.63, 3.8) is 0 Å². The minimum atomic E-state index is -0.410. The molecule has 0 bridgehead atoms. The average Bonchev–Trinajstić information content (AvgIpc) is 3.35. The maximum atomic E-state index is 12.6. The lowest BCUT2D eigenvalue weighted by Crippen LogP contribution is -2.41. The number of amides is 1. The van der Waals surface area contributed by atoms with Gasteiger partial charge in [0, 0.05) is 18.2 Å². The van der Waals surface area contributed by atoms with E-state index in [1.807, 2.05) is 13.0 Å². The Morgan fingerprint density at radius 2 is 2.26 bits per heavy atom. The molecule has 0 radical (unpaired) electrons. The summed E-state index contributed by atoms with van der Waals surface area (Å²) in [4.78, 5) is 23.7. The van der Waals surface area contributed by atoms with Gasteiger partial charge in [0.05, 0.1) is 12.1 Å². The molecule has 0 fully saturated rings. The molecule has 0 aliphatic carbocycles. The Balaban J connectivity index is 1.52. The molecule has 0 aliphatic rings. The zero-order valence-electron chi connectivity index (χ0n) is 14.9. The summed E-state index contributed by atoms with van der Waals surface area (Å²) in [6.45, 7) is 2.27. The summed E-state index contributed by atoms with van der Waals surface area (Å²) in [6, 6.07) is 3.50. The van der Waals surface area contributed by atoms with Crippen LogP contribution in [0.3, 0.4) is 0 Å². The van der Waals surface area contributed by atoms with E-state index in [4.69, 9.17) is 4.74 Å². The number of pyridine rings is 1. The van der Waals surface area contributed by atoms with Gasteiger partial charge in [0.25, 0.3) is 0 Å². The van der Waals surface area contributed by atoms with Crippen LogP contribution in [0.5, 0.6) is 0 Å². The van der Waals surface area contributed by atoms with Crippen molar-refractivity contribution in [1.82, 2.24) is 30.6 Å². The first-order valence-electron chi connectivity index (χ1n) is 8.68. The van der Waals surface area contributed by atoms with E-state index in [-0.39, 0.29) is 6.04 Å². The molecule has 0 saturated heterocycles. The third-order valence-electron chi connectivity index (χ3n) is 4.00. The van der Waals surface area contributed by atoms with E-state index in [0.717, 1.165) is 41.9 Å². The van der Waals surface area contributed by atoms with Crippen molar-refractivity contribution < 1.29 is 9.53 Å². The van der Waals surface area contributed by atoms with Gasteiger partial charge in [-0.1, -0.05) is 0 Å². The van der Waals surface area contributed by atoms with Gasteiger partial charge in [0.15, 0.2) is 0 Å². The molecule has 9 nitrogen and oxygen atoms in total. The van der Waals surface area contributed by atoms with Crippen molar-refractivity contribution in [1.29, 1.82) is 0 Å². The molecule has 1 atom stereocenters.